The zero-order chi connectivity index (χ0) is 33.6. The van der Waals surface area contributed by atoms with Gasteiger partial charge >= 0.3 is 25.7 Å². The molecule has 264 valence electrons. The van der Waals surface area contributed by atoms with E-state index < -0.39 is 51.1 Å². The third-order valence-corrected chi connectivity index (χ3v) is 8.21. The van der Waals surface area contributed by atoms with Crippen molar-refractivity contribution in [3.63, 3.8) is 0 Å². The molecule has 0 heterocycles. The van der Waals surface area contributed by atoms with Crippen LogP contribution in [0, 0.1) is 0 Å². The molecular weight excluding hydrogens is 601 g/mol. The zero-order valence-corrected chi connectivity index (χ0v) is 28.9. The SMILES string of the molecule is CCCCCCCC/C=C/CCCCCC(=O)OC[C@@H](COP(=O)(O)OC[C@@H](N)C(=O)O)OC(=O)CCCCCCCCCC. The highest BCUT2D eigenvalue weighted by molar-refractivity contribution is 7.47. The summed E-state index contributed by atoms with van der Waals surface area (Å²) in [6, 6.07) is -1.52. The smallest absolute Gasteiger partial charge is 0.472 e. The maximum Gasteiger partial charge on any atom is 0.472 e. The molecule has 0 bridgehead atoms. The highest BCUT2D eigenvalue weighted by atomic mass is 31.2. The van der Waals surface area contributed by atoms with E-state index in [0.29, 0.717) is 12.8 Å². The van der Waals surface area contributed by atoms with Gasteiger partial charge in [-0.1, -0.05) is 109 Å². The van der Waals surface area contributed by atoms with Crippen molar-refractivity contribution in [1.82, 2.24) is 0 Å². The van der Waals surface area contributed by atoms with Gasteiger partial charge in [0.25, 0.3) is 0 Å². The Balaban J connectivity index is 4.48. The van der Waals surface area contributed by atoms with E-state index in [9.17, 15) is 23.8 Å². The van der Waals surface area contributed by atoms with Crippen molar-refractivity contribution in [2.24, 2.45) is 5.73 Å². The lowest BCUT2D eigenvalue weighted by Gasteiger charge is -2.20. The first-order valence-corrected chi connectivity index (χ1v) is 18.7. The number of carbonyl (C=O) groups excluding carboxylic acids is 2. The fraction of sp³-hybridized carbons (Fsp3) is 0.848. The fourth-order valence-electron chi connectivity index (χ4n) is 4.47. The van der Waals surface area contributed by atoms with Crippen molar-refractivity contribution in [3.8, 4) is 0 Å². The molecule has 12 heteroatoms. The number of carboxylic acids is 1. The Morgan fingerprint density at radius 2 is 1.11 bits per heavy atom. The average Bonchev–Trinajstić information content (AvgIpc) is 3.00. The molecule has 1 unspecified atom stereocenters. The Labute approximate surface area is 271 Å². The number of allylic oxidation sites excluding steroid dienone is 2. The topological polar surface area (TPSA) is 172 Å². The minimum Gasteiger partial charge on any atom is -0.480 e. The van der Waals surface area contributed by atoms with E-state index in [1.807, 2.05) is 0 Å². The molecule has 0 aliphatic carbocycles. The van der Waals surface area contributed by atoms with E-state index in [0.717, 1.165) is 44.9 Å². The highest BCUT2D eigenvalue weighted by Crippen LogP contribution is 2.43. The van der Waals surface area contributed by atoms with E-state index in [1.54, 1.807) is 0 Å². The monoisotopic (exact) mass is 663 g/mol. The number of aliphatic carboxylic acids is 1. The first-order chi connectivity index (χ1) is 21.6. The van der Waals surface area contributed by atoms with Gasteiger partial charge in [-0.15, -0.1) is 0 Å². The van der Waals surface area contributed by atoms with Crippen molar-refractivity contribution in [1.29, 1.82) is 0 Å². The van der Waals surface area contributed by atoms with Crippen molar-refractivity contribution in [3.05, 3.63) is 12.2 Å². The molecule has 4 N–H and O–H groups in total. The number of ether oxygens (including phenoxy) is 2. The number of unbranched alkanes of at least 4 members (excludes halogenated alkanes) is 16. The molecule has 0 fully saturated rings. The van der Waals surface area contributed by atoms with Gasteiger partial charge in [0, 0.05) is 12.8 Å². The van der Waals surface area contributed by atoms with Crippen LogP contribution in [-0.4, -0.2) is 59.9 Å². The molecule has 0 aliphatic rings. The summed E-state index contributed by atoms with van der Waals surface area (Å²) < 4.78 is 32.3. The molecule has 45 heavy (non-hydrogen) atoms. The minimum atomic E-state index is -4.70. The van der Waals surface area contributed by atoms with E-state index >= 15 is 0 Å². The Kier molecular flexibility index (Phi) is 28.4. The summed E-state index contributed by atoms with van der Waals surface area (Å²) in [6.07, 6.45) is 24.5. The van der Waals surface area contributed by atoms with Gasteiger partial charge in [0.15, 0.2) is 6.10 Å². The molecule has 0 aromatic carbocycles. The van der Waals surface area contributed by atoms with Crippen LogP contribution in [0.3, 0.4) is 0 Å². The van der Waals surface area contributed by atoms with Crippen LogP contribution in [0.4, 0.5) is 0 Å². The van der Waals surface area contributed by atoms with Crippen molar-refractivity contribution in [2.45, 2.75) is 161 Å². The number of hydrogen-bond donors (Lipinski definition) is 3. The van der Waals surface area contributed by atoms with Gasteiger partial charge in [0.1, 0.15) is 12.6 Å². The van der Waals surface area contributed by atoms with Crippen LogP contribution < -0.4 is 5.73 Å². The van der Waals surface area contributed by atoms with E-state index in [1.165, 1.54) is 64.2 Å². The van der Waals surface area contributed by atoms with E-state index in [4.69, 9.17) is 24.8 Å². The maximum atomic E-state index is 12.4. The molecular formula is C33H62NO10P. The molecule has 0 aromatic rings. The van der Waals surface area contributed by atoms with Crippen LogP contribution in [0.15, 0.2) is 12.2 Å². The van der Waals surface area contributed by atoms with Crippen LogP contribution in [0.2, 0.25) is 0 Å². The molecule has 0 rings (SSSR count). The molecule has 0 saturated carbocycles. The van der Waals surface area contributed by atoms with Crippen molar-refractivity contribution >= 4 is 25.7 Å². The quantitative estimate of drug-likeness (QED) is 0.0278. The number of rotatable bonds is 32. The van der Waals surface area contributed by atoms with Crippen LogP contribution in [0.5, 0.6) is 0 Å². The first-order valence-electron chi connectivity index (χ1n) is 17.2. The fourth-order valence-corrected chi connectivity index (χ4v) is 5.25. The Bertz CT molecular complexity index is 838. The Hall–Kier alpha value is -1.78. The second-order valence-corrected chi connectivity index (χ2v) is 13.1. The van der Waals surface area contributed by atoms with E-state index in [2.05, 4.69) is 30.5 Å². The predicted molar refractivity (Wildman–Crippen MR) is 176 cm³/mol. The predicted octanol–water partition coefficient (Wildman–Crippen LogP) is 7.78. The van der Waals surface area contributed by atoms with Gasteiger partial charge < -0.3 is 25.2 Å². The van der Waals surface area contributed by atoms with Gasteiger partial charge in [-0.05, 0) is 38.5 Å². The van der Waals surface area contributed by atoms with Crippen LogP contribution in [0.25, 0.3) is 0 Å². The maximum absolute atomic E-state index is 12.4. The normalized spacial score (nSPS) is 14.2. The summed E-state index contributed by atoms with van der Waals surface area (Å²) in [7, 11) is -4.70. The molecule has 0 amide bonds. The summed E-state index contributed by atoms with van der Waals surface area (Å²) in [4.78, 5) is 45.4. The molecule has 0 aliphatic heterocycles. The third kappa shape index (κ3) is 29.4. The van der Waals surface area contributed by atoms with Gasteiger partial charge in [-0.2, -0.15) is 0 Å². The van der Waals surface area contributed by atoms with Crippen LogP contribution >= 0.6 is 7.82 Å². The third-order valence-electron chi connectivity index (χ3n) is 7.26. The van der Waals surface area contributed by atoms with Crippen LogP contribution in [-0.2, 0) is 37.5 Å². The van der Waals surface area contributed by atoms with Gasteiger partial charge in [-0.25, -0.2) is 4.57 Å². The molecule has 3 atom stereocenters. The number of carboxylic acid groups (broad SMARTS) is 1. The molecule has 0 spiro atoms. The van der Waals surface area contributed by atoms with E-state index in [-0.39, 0.29) is 19.4 Å². The minimum absolute atomic E-state index is 0.160. The molecule has 0 saturated heterocycles. The number of carbonyl (C=O) groups is 3. The molecule has 0 radical (unpaired) electrons. The average molecular weight is 664 g/mol. The number of phosphoric acid groups is 1. The van der Waals surface area contributed by atoms with Gasteiger partial charge in [-0.3, -0.25) is 23.4 Å². The number of esters is 2. The summed E-state index contributed by atoms with van der Waals surface area (Å²) in [5, 5.41) is 8.82. The van der Waals surface area contributed by atoms with Crippen molar-refractivity contribution < 1.29 is 47.5 Å². The lowest BCUT2D eigenvalue weighted by Crippen LogP contribution is -2.34. The highest BCUT2D eigenvalue weighted by Gasteiger charge is 2.28. The lowest BCUT2D eigenvalue weighted by molar-refractivity contribution is -0.161. The largest absolute Gasteiger partial charge is 0.480 e. The summed E-state index contributed by atoms with van der Waals surface area (Å²) >= 11 is 0. The number of phosphoric ester groups is 1. The summed E-state index contributed by atoms with van der Waals surface area (Å²) in [6.45, 7) is 2.70. The molecule has 11 nitrogen and oxygen atoms in total. The summed E-state index contributed by atoms with van der Waals surface area (Å²) in [5.41, 5.74) is 5.29. The first kappa shape index (κ1) is 43.2. The number of hydrogen-bond acceptors (Lipinski definition) is 9. The van der Waals surface area contributed by atoms with Gasteiger partial charge in [0.05, 0.1) is 13.2 Å². The second-order valence-electron chi connectivity index (χ2n) is 11.7. The van der Waals surface area contributed by atoms with Gasteiger partial charge in [0.2, 0.25) is 0 Å². The second kappa shape index (κ2) is 29.6. The van der Waals surface area contributed by atoms with Crippen molar-refractivity contribution in [2.75, 3.05) is 19.8 Å². The summed E-state index contributed by atoms with van der Waals surface area (Å²) in [5.74, 6) is -2.40. The molecule has 0 aromatic heterocycles. The Morgan fingerprint density at radius 3 is 1.64 bits per heavy atom. The standard InChI is InChI=1S/C33H62NO10P/c1-3-5-7-9-11-13-14-15-16-17-19-20-22-24-31(35)41-26-29(27-42-45(39,40)43-28-30(34)33(37)38)44-32(36)25-23-21-18-12-10-8-6-4-2/h15-16,29-30H,3-14,17-28,34H2,1-2H3,(H,37,38)(H,39,40)/b16-15+/t29-,30+/m0/s1. The lowest BCUT2D eigenvalue weighted by atomic mass is 10.1. The zero-order valence-electron chi connectivity index (χ0n) is 28.0. The Morgan fingerprint density at radius 1 is 0.667 bits per heavy atom. The van der Waals surface area contributed by atoms with Crippen LogP contribution in [0.1, 0.15) is 149 Å². The number of nitrogens with two attached hydrogens (primary N) is 1.